The van der Waals surface area contributed by atoms with Gasteiger partial charge in [-0.3, -0.25) is 0 Å². The molecule has 2 heteroatoms. The zero-order chi connectivity index (χ0) is 9.80. The summed E-state index contributed by atoms with van der Waals surface area (Å²) >= 11 is 1.01. The SMILES string of the molecule is [AlH2][c]1ccccc1Oc1ccccc1. The Morgan fingerprint density at radius 2 is 1.43 bits per heavy atom. The van der Waals surface area contributed by atoms with Crippen LogP contribution in [0.1, 0.15) is 0 Å². The lowest BCUT2D eigenvalue weighted by atomic mass is 10.3. The molecule has 0 aliphatic heterocycles. The van der Waals surface area contributed by atoms with Crippen molar-refractivity contribution < 1.29 is 4.74 Å². The Morgan fingerprint density at radius 3 is 2.14 bits per heavy atom. The first-order chi connectivity index (χ1) is 6.86. The minimum Gasteiger partial charge on any atom is -0.459 e. The Labute approximate surface area is 91.8 Å². The highest BCUT2D eigenvalue weighted by molar-refractivity contribution is 6.34. The molecule has 0 aliphatic rings. The molecule has 2 aromatic rings. The number of rotatable bonds is 2. The van der Waals surface area contributed by atoms with Crippen molar-refractivity contribution in [2.24, 2.45) is 0 Å². The fraction of sp³-hybridized carbons (Fsp3) is 0. The first-order valence-electron chi connectivity index (χ1n) is 4.65. The Kier molecular flexibility index (Phi) is 2.88. The Bertz CT molecular complexity index is 412. The van der Waals surface area contributed by atoms with E-state index in [1.165, 1.54) is 4.43 Å². The third kappa shape index (κ3) is 2.17. The lowest BCUT2D eigenvalue weighted by Gasteiger charge is -2.07. The van der Waals surface area contributed by atoms with E-state index < -0.39 is 0 Å². The summed E-state index contributed by atoms with van der Waals surface area (Å²) in [5.41, 5.74) is 0. The van der Waals surface area contributed by atoms with E-state index in [4.69, 9.17) is 4.74 Å². The average molecular weight is 198 g/mol. The van der Waals surface area contributed by atoms with Gasteiger partial charge in [0.15, 0.2) is 0 Å². The highest BCUT2D eigenvalue weighted by Gasteiger charge is 1.97. The predicted molar refractivity (Wildman–Crippen MR) is 61.1 cm³/mol. The van der Waals surface area contributed by atoms with Crippen molar-refractivity contribution in [3.05, 3.63) is 54.6 Å². The summed E-state index contributed by atoms with van der Waals surface area (Å²) in [4.78, 5) is 0. The van der Waals surface area contributed by atoms with Crippen LogP contribution in [0.5, 0.6) is 11.5 Å². The topological polar surface area (TPSA) is 9.23 Å². The van der Waals surface area contributed by atoms with Gasteiger partial charge in [-0.1, -0.05) is 40.8 Å². The maximum atomic E-state index is 5.74. The first-order valence-corrected chi connectivity index (χ1v) is 5.65. The van der Waals surface area contributed by atoms with Gasteiger partial charge in [0.1, 0.15) is 11.5 Å². The highest BCUT2D eigenvalue weighted by atomic mass is 27.0. The van der Waals surface area contributed by atoms with Crippen molar-refractivity contribution in [2.75, 3.05) is 0 Å². The van der Waals surface area contributed by atoms with Crippen LogP contribution in [0.15, 0.2) is 54.6 Å². The molecule has 0 bridgehead atoms. The fourth-order valence-corrected chi connectivity index (χ4v) is 1.75. The van der Waals surface area contributed by atoms with E-state index in [1.54, 1.807) is 0 Å². The van der Waals surface area contributed by atoms with E-state index in [0.717, 1.165) is 27.8 Å². The van der Waals surface area contributed by atoms with Gasteiger partial charge in [-0.2, -0.15) is 0 Å². The summed E-state index contributed by atoms with van der Waals surface area (Å²) < 4.78 is 7.03. The third-order valence-electron chi connectivity index (χ3n) is 2.06. The van der Waals surface area contributed by atoms with E-state index in [9.17, 15) is 0 Å². The van der Waals surface area contributed by atoms with Gasteiger partial charge in [-0.25, -0.2) is 0 Å². The summed E-state index contributed by atoms with van der Waals surface area (Å²) in [5, 5.41) is 0. The molecular formula is C12H11AlO. The van der Waals surface area contributed by atoms with E-state index in [1.807, 2.05) is 48.5 Å². The molecule has 0 spiro atoms. The molecule has 0 aliphatic carbocycles. The molecule has 1 nitrogen and oxygen atoms in total. The van der Waals surface area contributed by atoms with Crippen LogP contribution < -0.4 is 9.16 Å². The molecule has 0 aromatic heterocycles. The number of benzene rings is 2. The minimum absolute atomic E-state index is 0.899. The maximum Gasteiger partial charge on any atom is 0.265 e. The summed E-state index contributed by atoms with van der Waals surface area (Å²) in [6, 6.07) is 18.0. The zero-order valence-corrected chi connectivity index (χ0v) is 10.1. The Hall–Kier alpha value is -1.23. The van der Waals surface area contributed by atoms with Crippen LogP contribution in [-0.2, 0) is 0 Å². The largest absolute Gasteiger partial charge is 0.459 e. The molecule has 0 N–H and O–H groups in total. The summed E-state index contributed by atoms with van der Waals surface area (Å²) in [7, 11) is 0. The predicted octanol–water partition coefficient (Wildman–Crippen LogP) is 1.74. The second-order valence-electron chi connectivity index (χ2n) is 3.18. The van der Waals surface area contributed by atoms with Gasteiger partial charge in [-0.15, -0.1) is 0 Å². The Balaban J connectivity index is 2.24. The molecule has 14 heavy (non-hydrogen) atoms. The Morgan fingerprint density at radius 1 is 0.786 bits per heavy atom. The number of ether oxygens (including phenoxy) is 1. The molecule has 68 valence electrons. The lowest BCUT2D eigenvalue weighted by Crippen LogP contribution is -2.05. The third-order valence-corrected chi connectivity index (χ3v) is 2.89. The quantitative estimate of drug-likeness (QED) is 0.668. The first kappa shape index (κ1) is 9.33. The monoisotopic (exact) mass is 198 g/mol. The molecule has 0 saturated heterocycles. The van der Waals surface area contributed by atoms with Crippen molar-refractivity contribution in [1.82, 2.24) is 0 Å². The van der Waals surface area contributed by atoms with Crippen molar-refractivity contribution in [3.8, 4) is 11.5 Å². The van der Waals surface area contributed by atoms with Gasteiger partial charge in [0, 0.05) is 0 Å². The van der Waals surface area contributed by atoms with Crippen LogP contribution in [0.4, 0.5) is 0 Å². The second-order valence-corrected chi connectivity index (χ2v) is 4.26. The van der Waals surface area contributed by atoms with Crippen LogP contribution in [-0.4, -0.2) is 16.3 Å². The van der Waals surface area contributed by atoms with Crippen molar-refractivity contribution in [1.29, 1.82) is 0 Å². The summed E-state index contributed by atoms with van der Waals surface area (Å²) in [6.45, 7) is 0. The molecular weight excluding hydrogens is 187 g/mol. The van der Waals surface area contributed by atoms with Gasteiger partial charge in [0.05, 0.1) is 0 Å². The maximum absolute atomic E-state index is 5.74. The van der Waals surface area contributed by atoms with E-state index in [2.05, 4.69) is 6.07 Å². The minimum atomic E-state index is 0.899. The summed E-state index contributed by atoms with van der Waals surface area (Å²) in [6.07, 6.45) is 0. The van der Waals surface area contributed by atoms with Gasteiger partial charge in [0.2, 0.25) is 0 Å². The van der Waals surface area contributed by atoms with Crippen molar-refractivity contribution in [3.63, 3.8) is 0 Å². The van der Waals surface area contributed by atoms with Crippen LogP contribution in [0, 0.1) is 0 Å². The number of hydrogen-bond acceptors (Lipinski definition) is 1. The van der Waals surface area contributed by atoms with Gasteiger partial charge in [0.25, 0.3) is 16.3 Å². The van der Waals surface area contributed by atoms with E-state index in [-0.39, 0.29) is 0 Å². The molecule has 0 saturated carbocycles. The molecule has 0 radical (unpaired) electrons. The molecule has 0 fully saturated rings. The van der Waals surface area contributed by atoms with Crippen LogP contribution in [0.25, 0.3) is 0 Å². The van der Waals surface area contributed by atoms with E-state index >= 15 is 0 Å². The summed E-state index contributed by atoms with van der Waals surface area (Å²) in [5.74, 6) is 1.88. The molecule has 2 rings (SSSR count). The van der Waals surface area contributed by atoms with Crippen LogP contribution >= 0.6 is 0 Å². The normalized spacial score (nSPS) is 9.71. The zero-order valence-electron chi connectivity index (χ0n) is 8.10. The number of hydrogen-bond donors (Lipinski definition) is 0. The van der Waals surface area contributed by atoms with Gasteiger partial charge >= 0.3 is 0 Å². The molecule has 0 amide bonds. The lowest BCUT2D eigenvalue weighted by molar-refractivity contribution is 0.486. The molecule has 0 heterocycles. The van der Waals surface area contributed by atoms with Gasteiger partial charge in [-0.05, 0) is 18.2 Å². The van der Waals surface area contributed by atoms with Crippen molar-refractivity contribution in [2.45, 2.75) is 0 Å². The fourth-order valence-electron chi connectivity index (χ4n) is 1.29. The van der Waals surface area contributed by atoms with Gasteiger partial charge < -0.3 is 4.74 Å². The van der Waals surface area contributed by atoms with Crippen LogP contribution in [0.3, 0.4) is 0 Å². The molecule has 2 aromatic carbocycles. The standard InChI is InChI=1S/C12H9O.Al.2H/c1-3-7-11(8-4-1)13-12-9-5-2-6-10-12;;;/h1-9H;;;. The van der Waals surface area contributed by atoms with Crippen molar-refractivity contribution >= 4 is 20.7 Å². The smallest absolute Gasteiger partial charge is 0.265 e. The molecule has 0 atom stereocenters. The average Bonchev–Trinajstić information content (AvgIpc) is 2.23. The van der Waals surface area contributed by atoms with Crippen LogP contribution in [0.2, 0.25) is 0 Å². The molecule has 0 unspecified atom stereocenters. The second kappa shape index (κ2) is 4.33. The highest BCUT2D eigenvalue weighted by Crippen LogP contribution is 2.17. The van der Waals surface area contributed by atoms with E-state index in [0.29, 0.717) is 0 Å². The number of para-hydroxylation sites is 2.